The molecule has 17 heavy (non-hydrogen) atoms. The Morgan fingerprint density at radius 1 is 1.24 bits per heavy atom. The summed E-state index contributed by atoms with van der Waals surface area (Å²) in [5.41, 5.74) is 0.670. The number of rotatable bonds is 5. The second kappa shape index (κ2) is 5.85. The Morgan fingerprint density at radius 2 is 1.88 bits per heavy atom. The molecule has 0 aliphatic heterocycles. The number of ether oxygens (including phenoxy) is 1. The minimum absolute atomic E-state index is 0.139. The van der Waals surface area contributed by atoms with E-state index < -0.39 is 5.41 Å². The smallest absolute Gasteiger partial charge is 0.316 e. The Morgan fingerprint density at radius 3 is 2.47 bits per heavy atom. The van der Waals surface area contributed by atoms with Crippen molar-refractivity contribution in [3.05, 3.63) is 29.8 Å². The van der Waals surface area contributed by atoms with Gasteiger partial charge in [-0.15, -0.1) is 0 Å². The number of hydrogen-bond acceptors (Lipinski definition) is 2. The quantitative estimate of drug-likeness (QED) is 0.569. The largest absolute Gasteiger partial charge is 0.426 e. The molecule has 0 bridgehead atoms. The van der Waals surface area contributed by atoms with E-state index in [1.54, 1.807) is 0 Å². The number of hydrogen-bond donors (Lipinski definition) is 0. The minimum atomic E-state index is -0.407. The van der Waals surface area contributed by atoms with Crippen molar-refractivity contribution in [2.45, 2.75) is 47.0 Å². The van der Waals surface area contributed by atoms with Crippen LogP contribution >= 0.6 is 0 Å². The van der Waals surface area contributed by atoms with Crippen LogP contribution in [0.2, 0.25) is 0 Å². The molecule has 0 spiro atoms. The topological polar surface area (TPSA) is 26.3 Å². The SMILES string of the molecule is CCCC(C)(C)C(=O)Oc1ccccc1CC. The summed E-state index contributed by atoms with van der Waals surface area (Å²) in [6, 6.07) is 7.72. The molecule has 0 atom stereocenters. The van der Waals surface area contributed by atoms with E-state index in [9.17, 15) is 4.79 Å². The van der Waals surface area contributed by atoms with Gasteiger partial charge in [-0.25, -0.2) is 0 Å². The molecule has 1 aromatic carbocycles. The molecule has 0 aliphatic carbocycles. The van der Waals surface area contributed by atoms with E-state index in [1.807, 2.05) is 38.1 Å². The van der Waals surface area contributed by atoms with Crippen LogP contribution in [0.5, 0.6) is 5.75 Å². The lowest BCUT2D eigenvalue weighted by Crippen LogP contribution is -2.29. The molecule has 2 heteroatoms. The molecule has 0 amide bonds. The van der Waals surface area contributed by atoms with Gasteiger partial charge in [0.25, 0.3) is 0 Å². The summed E-state index contributed by atoms with van der Waals surface area (Å²) in [5, 5.41) is 0. The number of esters is 1. The van der Waals surface area contributed by atoms with Gasteiger partial charge in [0.15, 0.2) is 0 Å². The molecule has 0 heterocycles. The first-order chi connectivity index (χ1) is 8.01. The summed E-state index contributed by atoms with van der Waals surface area (Å²) in [7, 11) is 0. The average molecular weight is 234 g/mol. The van der Waals surface area contributed by atoms with Crippen molar-refractivity contribution in [3.8, 4) is 5.75 Å². The Balaban J connectivity index is 2.80. The maximum absolute atomic E-state index is 12.1. The van der Waals surface area contributed by atoms with Crippen LogP contribution in [-0.2, 0) is 11.2 Å². The number of carbonyl (C=O) groups is 1. The van der Waals surface area contributed by atoms with E-state index >= 15 is 0 Å². The lowest BCUT2D eigenvalue weighted by atomic mass is 9.88. The fourth-order valence-electron chi connectivity index (χ4n) is 1.86. The molecule has 0 radical (unpaired) electrons. The van der Waals surface area contributed by atoms with E-state index in [0.29, 0.717) is 5.75 Å². The van der Waals surface area contributed by atoms with Crippen LogP contribution in [0.3, 0.4) is 0 Å². The van der Waals surface area contributed by atoms with Crippen LogP contribution in [0.1, 0.15) is 46.1 Å². The van der Waals surface area contributed by atoms with Crippen LogP contribution in [0, 0.1) is 5.41 Å². The highest BCUT2D eigenvalue weighted by molar-refractivity contribution is 5.78. The lowest BCUT2D eigenvalue weighted by molar-refractivity contribution is -0.144. The summed E-state index contributed by atoms with van der Waals surface area (Å²) in [6.45, 7) is 8.01. The monoisotopic (exact) mass is 234 g/mol. The van der Waals surface area contributed by atoms with Gasteiger partial charge < -0.3 is 4.74 Å². The zero-order chi connectivity index (χ0) is 12.9. The van der Waals surface area contributed by atoms with E-state index in [0.717, 1.165) is 24.8 Å². The van der Waals surface area contributed by atoms with Gasteiger partial charge in [0.1, 0.15) is 5.75 Å². The van der Waals surface area contributed by atoms with Gasteiger partial charge in [-0.2, -0.15) is 0 Å². The summed E-state index contributed by atoms with van der Waals surface area (Å²) >= 11 is 0. The maximum Gasteiger partial charge on any atom is 0.316 e. The number of carbonyl (C=O) groups excluding carboxylic acids is 1. The Hall–Kier alpha value is -1.31. The third-order valence-corrected chi connectivity index (χ3v) is 2.98. The van der Waals surface area contributed by atoms with E-state index in [1.165, 1.54) is 0 Å². The van der Waals surface area contributed by atoms with Crippen LogP contribution in [-0.4, -0.2) is 5.97 Å². The second-order valence-corrected chi connectivity index (χ2v) is 4.98. The molecule has 0 saturated heterocycles. The van der Waals surface area contributed by atoms with Crippen LogP contribution in [0.4, 0.5) is 0 Å². The van der Waals surface area contributed by atoms with E-state index in [-0.39, 0.29) is 5.97 Å². The first-order valence-electron chi connectivity index (χ1n) is 6.31. The molecule has 0 aromatic heterocycles. The first-order valence-corrected chi connectivity index (χ1v) is 6.31. The number of aryl methyl sites for hydroxylation is 1. The molecule has 0 aliphatic rings. The molecule has 0 N–H and O–H groups in total. The summed E-state index contributed by atoms with van der Waals surface area (Å²) < 4.78 is 5.51. The molecule has 0 unspecified atom stereocenters. The van der Waals surface area contributed by atoms with Crippen LogP contribution in [0.25, 0.3) is 0 Å². The van der Waals surface area contributed by atoms with Crippen LogP contribution in [0.15, 0.2) is 24.3 Å². The van der Waals surface area contributed by atoms with Gasteiger partial charge in [-0.3, -0.25) is 4.79 Å². The highest BCUT2D eigenvalue weighted by Gasteiger charge is 2.29. The number of para-hydroxylation sites is 1. The van der Waals surface area contributed by atoms with Crippen LogP contribution < -0.4 is 4.74 Å². The van der Waals surface area contributed by atoms with Gasteiger partial charge in [-0.05, 0) is 38.3 Å². The normalized spacial score (nSPS) is 11.3. The lowest BCUT2D eigenvalue weighted by Gasteiger charge is -2.22. The van der Waals surface area contributed by atoms with Gasteiger partial charge in [0.05, 0.1) is 5.41 Å². The van der Waals surface area contributed by atoms with Gasteiger partial charge >= 0.3 is 5.97 Å². The third-order valence-electron chi connectivity index (χ3n) is 2.98. The van der Waals surface area contributed by atoms with E-state index in [2.05, 4.69) is 13.8 Å². The van der Waals surface area contributed by atoms with E-state index in [4.69, 9.17) is 4.74 Å². The fraction of sp³-hybridized carbons (Fsp3) is 0.533. The zero-order valence-corrected chi connectivity index (χ0v) is 11.2. The third kappa shape index (κ3) is 3.58. The van der Waals surface area contributed by atoms with Crippen molar-refractivity contribution in [2.24, 2.45) is 5.41 Å². The highest BCUT2D eigenvalue weighted by atomic mass is 16.5. The van der Waals surface area contributed by atoms with Crippen molar-refractivity contribution >= 4 is 5.97 Å². The molecular weight excluding hydrogens is 212 g/mol. The van der Waals surface area contributed by atoms with Crippen molar-refractivity contribution in [3.63, 3.8) is 0 Å². The van der Waals surface area contributed by atoms with Crippen molar-refractivity contribution in [1.82, 2.24) is 0 Å². The molecular formula is C15H22O2. The van der Waals surface area contributed by atoms with Gasteiger partial charge in [0, 0.05) is 0 Å². The van der Waals surface area contributed by atoms with Gasteiger partial charge in [-0.1, -0.05) is 38.5 Å². The minimum Gasteiger partial charge on any atom is -0.426 e. The maximum atomic E-state index is 12.1. The fourth-order valence-corrected chi connectivity index (χ4v) is 1.86. The first kappa shape index (κ1) is 13.8. The van der Waals surface area contributed by atoms with Crippen molar-refractivity contribution < 1.29 is 9.53 Å². The van der Waals surface area contributed by atoms with Crippen molar-refractivity contribution in [1.29, 1.82) is 0 Å². The number of benzene rings is 1. The predicted octanol–water partition coefficient (Wildman–Crippen LogP) is 3.98. The standard InChI is InChI=1S/C15H22O2/c1-5-11-15(3,4)14(16)17-13-10-8-7-9-12(13)6-2/h7-10H,5-6,11H2,1-4H3. The summed E-state index contributed by atoms with van der Waals surface area (Å²) in [4.78, 5) is 12.1. The Bertz CT molecular complexity index is 380. The Kier molecular flexibility index (Phi) is 4.73. The van der Waals surface area contributed by atoms with Crippen molar-refractivity contribution in [2.75, 3.05) is 0 Å². The predicted molar refractivity (Wildman–Crippen MR) is 70.1 cm³/mol. The average Bonchev–Trinajstić information content (AvgIpc) is 2.29. The zero-order valence-electron chi connectivity index (χ0n) is 11.2. The summed E-state index contributed by atoms with van der Waals surface area (Å²) in [5.74, 6) is 0.560. The Labute approximate surface area is 104 Å². The molecule has 1 rings (SSSR count). The molecule has 2 nitrogen and oxygen atoms in total. The molecule has 0 fully saturated rings. The summed E-state index contributed by atoms with van der Waals surface area (Å²) in [6.07, 6.45) is 2.70. The molecule has 1 aromatic rings. The van der Waals surface area contributed by atoms with Gasteiger partial charge in [0.2, 0.25) is 0 Å². The molecule has 94 valence electrons. The molecule has 0 saturated carbocycles. The highest BCUT2D eigenvalue weighted by Crippen LogP contribution is 2.27. The second-order valence-electron chi connectivity index (χ2n) is 4.98.